The maximum absolute atomic E-state index is 12.8. The zero-order valence-electron chi connectivity index (χ0n) is 14.8. The third kappa shape index (κ3) is 5.93. The topological polar surface area (TPSA) is 71.3 Å². The Hall–Kier alpha value is -3.61. The van der Waals surface area contributed by atoms with Crippen LogP contribution in [0.15, 0.2) is 48.0 Å². The van der Waals surface area contributed by atoms with E-state index in [9.17, 15) is 32.0 Å². The summed E-state index contributed by atoms with van der Waals surface area (Å²) in [4.78, 5) is 12.2. The second-order valence-corrected chi connectivity index (χ2v) is 5.49. The molecule has 0 aromatic heterocycles. The number of nitrogens with zero attached hydrogens (tertiary/aromatic N) is 1. The van der Waals surface area contributed by atoms with Crippen molar-refractivity contribution < 1.29 is 36.2 Å². The van der Waals surface area contributed by atoms with Crippen LogP contribution in [0.5, 0.6) is 11.5 Å². The molecule has 0 unspecified atom stereocenters. The standard InChI is InChI=1S/C19H13F5N2O3/c1-28-16-8-11(5-6-15(16)29-18(20)21)7-12(10-25)17(27)26-14-4-2-3-13(9-14)19(22,23)24/h2-9,18H,1H3,(H,26,27)/b12-7+. The molecule has 0 heterocycles. The molecule has 5 nitrogen and oxygen atoms in total. The van der Waals surface area contributed by atoms with Crippen LogP contribution in [-0.2, 0) is 11.0 Å². The molecule has 0 bridgehead atoms. The molecular weight excluding hydrogens is 399 g/mol. The highest BCUT2D eigenvalue weighted by Crippen LogP contribution is 2.31. The fourth-order valence-corrected chi connectivity index (χ4v) is 2.25. The number of alkyl halides is 5. The molecule has 2 aromatic carbocycles. The van der Waals surface area contributed by atoms with Gasteiger partial charge >= 0.3 is 12.8 Å². The van der Waals surface area contributed by atoms with E-state index in [1.165, 1.54) is 25.3 Å². The quantitative estimate of drug-likeness (QED) is 0.418. The van der Waals surface area contributed by atoms with E-state index in [1.54, 1.807) is 6.07 Å². The van der Waals surface area contributed by atoms with Gasteiger partial charge in [-0.05, 0) is 42.0 Å². The van der Waals surface area contributed by atoms with Crippen molar-refractivity contribution in [3.8, 4) is 17.6 Å². The summed E-state index contributed by atoms with van der Waals surface area (Å²) in [6, 6.07) is 9.27. The molecular formula is C19H13F5N2O3. The number of amides is 1. The van der Waals surface area contributed by atoms with E-state index >= 15 is 0 Å². The Morgan fingerprint density at radius 2 is 1.90 bits per heavy atom. The number of rotatable bonds is 6. The Morgan fingerprint density at radius 3 is 2.48 bits per heavy atom. The van der Waals surface area contributed by atoms with Gasteiger partial charge in [-0.25, -0.2) is 0 Å². The van der Waals surface area contributed by atoms with Crippen LogP contribution in [0.2, 0.25) is 0 Å². The van der Waals surface area contributed by atoms with Crippen molar-refractivity contribution in [1.29, 1.82) is 5.26 Å². The summed E-state index contributed by atoms with van der Waals surface area (Å²) in [5.74, 6) is -1.25. The molecule has 0 aliphatic carbocycles. The number of nitriles is 1. The second kappa shape index (κ2) is 9.05. The van der Waals surface area contributed by atoms with Crippen molar-refractivity contribution in [1.82, 2.24) is 0 Å². The van der Waals surface area contributed by atoms with Crippen molar-refractivity contribution in [3.63, 3.8) is 0 Å². The van der Waals surface area contributed by atoms with Crippen LogP contribution < -0.4 is 14.8 Å². The van der Waals surface area contributed by atoms with Crippen LogP contribution in [-0.4, -0.2) is 19.6 Å². The average molecular weight is 412 g/mol. The van der Waals surface area contributed by atoms with Gasteiger partial charge in [0.05, 0.1) is 12.7 Å². The lowest BCUT2D eigenvalue weighted by Gasteiger charge is -2.11. The predicted octanol–water partition coefficient (Wildman–Crippen LogP) is 4.86. The van der Waals surface area contributed by atoms with Gasteiger partial charge in [-0.1, -0.05) is 12.1 Å². The van der Waals surface area contributed by atoms with Crippen molar-refractivity contribution in [2.75, 3.05) is 12.4 Å². The van der Waals surface area contributed by atoms with Crippen LogP contribution in [0, 0.1) is 11.3 Å². The monoisotopic (exact) mass is 412 g/mol. The minimum Gasteiger partial charge on any atom is -0.493 e. The Balaban J connectivity index is 2.26. The molecule has 0 aliphatic rings. The third-order valence-electron chi connectivity index (χ3n) is 3.53. The number of nitrogens with one attached hydrogen (secondary N) is 1. The molecule has 0 saturated heterocycles. The number of hydrogen-bond acceptors (Lipinski definition) is 4. The van der Waals surface area contributed by atoms with Crippen molar-refractivity contribution in [2.45, 2.75) is 12.8 Å². The summed E-state index contributed by atoms with van der Waals surface area (Å²) in [5.41, 5.74) is -1.28. The van der Waals surface area contributed by atoms with Crippen LogP contribution in [0.1, 0.15) is 11.1 Å². The summed E-state index contributed by atoms with van der Waals surface area (Å²) in [7, 11) is 1.21. The molecule has 2 rings (SSSR count). The lowest BCUT2D eigenvalue weighted by atomic mass is 10.1. The molecule has 0 spiro atoms. The van der Waals surface area contributed by atoms with Crippen molar-refractivity contribution in [3.05, 3.63) is 59.2 Å². The summed E-state index contributed by atoms with van der Waals surface area (Å²) in [6.07, 6.45) is -3.47. The van der Waals surface area contributed by atoms with E-state index in [0.29, 0.717) is 0 Å². The first-order valence-electron chi connectivity index (χ1n) is 7.87. The Labute approximate surface area is 162 Å². The van der Waals surface area contributed by atoms with Gasteiger partial charge in [0.15, 0.2) is 11.5 Å². The number of hydrogen-bond donors (Lipinski definition) is 1. The fourth-order valence-electron chi connectivity index (χ4n) is 2.25. The number of methoxy groups -OCH3 is 1. The highest BCUT2D eigenvalue weighted by Gasteiger charge is 2.30. The van der Waals surface area contributed by atoms with E-state index < -0.39 is 29.8 Å². The summed E-state index contributed by atoms with van der Waals surface area (Å²) in [6.45, 7) is -3.07. The smallest absolute Gasteiger partial charge is 0.416 e. The second-order valence-electron chi connectivity index (χ2n) is 5.49. The highest BCUT2D eigenvalue weighted by atomic mass is 19.4. The van der Waals surface area contributed by atoms with Gasteiger partial charge in [-0.15, -0.1) is 0 Å². The van der Waals surface area contributed by atoms with Crippen molar-refractivity contribution in [2.24, 2.45) is 0 Å². The first kappa shape index (κ1) is 21.7. The minimum atomic E-state index is -4.59. The van der Waals surface area contributed by atoms with E-state index in [4.69, 9.17) is 4.74 Å². The van der Waals surface area contributed by atoms with Crippen LogP contribution >= 0.6 is 0 Å². The molecule has 1 amide bonds. The Kier molecular flexibility index (Phi) is 6.77. The molecule has 0 saturated carbocycles. The minimum absolute atomic E-state index is 0.0605. The molecule has 0 fully saturated rings. The first-order valence-corrected chi connectivity index (χ1v) is 7.87. The summed E-state index contributed by atoms with van der Waals surface area (Å²) >= 11 is 0. The number of anilines is 1. The molecule has 29 heavy (non-hydrogen) atoms. The number of benzene rings is 2. The Bertz CT molecular complexity index is 965. The third-order valence-corrected chi connectivity index (χ3v) is 3.53. The number of carbonyl (C=O) groups excluding carboxylic acids is 1. The summed E-state index contributed by atoms with van der Waals surface area (Å²) < 4.78 is 72.2. The van der Waals surface area contributed by atoms with Gasteiger partial charge in [0.2, 0.25) is 0 Å². The lowest BCUT2D eigenvalue weighted by molar-refractivity contribution is -0.137. The molecule has 0 radical (unpaired) electrons. The van der Waals surface area contributed by atoms with Crippen LogP contribution in [0.25, 0.3) is 6.08 Å². The Morgan fingerprint density at radius 1 is 1.17 bits per heavy atom. The molecule has 0 atom stereocenters. The highest BCUT2D eigenvalue weighted by molar-refractivity contribution is 6.09. The number of halogens is 5. The maximum Gasteiger partial charge on any atom is 0.416 e. The molecule has 2 aromatic rings. The van der Waals surface area contributed by atoms with Gasteiger partial charge in [-0.3, -0.25) is 4.79 Å². The maximum atomic E-state index is 12.8. The van der Waals surface area contributed by atoms with Crippen LogP contribution in [0.3, 0.4) is 0 Å². The van der Waals surface area contributed by atoms with E-state index in [2.05, 4.69) is 10.1 Å². The molecule has 10 heteroatoms. The van der Waals surface area contributed by atoms with Gasteiger partial charge < -0.3 is 14.8 Å². The molecule has 152 valence electrons. The van der Waals surface area contributed by atoms with Gasteiger partial charge in [0, 0.05) is 5.69 Å². The predicted molar refractivity (Wildman–Crippen MR) is 93.3 cm³/mol. The number of carbonyl (C=O) groups is 1. The zero-order valence-corrected chi connectivity index (χ0v) is 14.8. The van der Waals surface area contributed by atoms with E-state index in [1.807, 2.05) is 0 Å². The van der Waals surface area contributed by atoms with Gasteiger partial charge in [0.1, 0.15) is 11.6 Å². The van der Waals surface area contributed by atoms with Gasteiger partial charge in [-0.2, -0.15) is 27.2 Å². The zero-order chi connectivity index (χ0) is 21.6. The number of ether oxygens (including phenoxy) is 2. The van der Waals surface area contributed by atoms with Crippen molar-refractivity contribution >= 4 is 17.7 Å². The fraction of sp³-hybridized carbons (Fsp3) is 0.158. The first-order chi connectivity index (χ1) is 13.6. The lowest BCUT2D eigenvalue weighted by Crippen LogP contribution is -2.14. The normalized spacial score (nSPS) is 11.7. The van der Waals surface area contributed by atoms with Gasteiger partial charge in [0.25, 0.3) is 5.91 Å². The van der Waals surface area contributed by atoms with E-state index in [0.717, 1.165) is 30.3 Å². The average Bonchev–Trinajstić information content (AvgIpc) is 2.66. The van der Waals surface area contributed by atoms with Crippen LogP contribution in [0.4, 0.5) is 27.6 Å². The molecule has 0 aliphatic heterocycles. The van der Waals surface area contributed by atoms with E-state index in [-0.39, 0.29) is 22.7 Å². The summed E-state index contributed by atoms with van der Waals surface area (Å²) in [5, 5.41) is 11.4. The molecule has 1 N–H and O–H groups in total. The SMILES string of the molecule is COc1cc(/C=C(\C#N)C(=O)Nc2cccc(C(F)(F)F)c2)ccc1OC(F)F. The largest absolute Gasteiger partial charge is 0.493 e.